The summed E-state index contributed by atoms with van der Waals surface area (Å²) < 4.78 is 12.4. The molecule has 1 aliphatic heterocycles. The topological polar surface area (TPSA) is 44.5 Å². The second-order valence-electron chi connectivity index (χ2n) is 4.45. The molecule has 3 unspecified atom stereocenters. The molecule has 0 spiro atoms. The number of nitrogens with two attached hydrogens (primary N) is 1. The monoisotopic (exact) mass is 299 g/mol. The first-order valence-corrected chi connectivity index (χ1v) is 6.70. The molecule has 3 atom stereocenters. The lowest BCUT2D eigenvalue weighted by molar-refractivity contribution is -0.0269. The molecule has 3 nitrogen and oxygen atoms in total. The molecular formula is C13H18BrNO2. The molecule has 0 saturated carbocycles. The molecule has 2 N–H and O–H groups in total. The van der Waals surface area contributed by atoms with Crippen LogP contribution in [0.4, 0.5) is 0 Å². The van der Waals surface area contributed by atoms with Gasteiger partial charge < -0.3 is 15.2 Å². The number of halogens is 1. The zero-order valence-electron chi connectivity index (χ0n) is 9.93. The van der Waals surface area contributed by atoms with Crippen LogP contribution in [0.3, 0.4) is 0 Å². The van der Waals surface area contributed by atoms with E-state index in [1.165, 1.54) is 0 Å². The highest BCUT2D eigenvalue weighted by atomic mass is 79.9. The summed E-state index contributed by atoms with van der Waals surface area (Å²) >= 11 is 3.43. The minimum Gasteiger partial charge on any atom is -0.379 e. The van der Waals surface area contributed by atoms with E-state index in [0.29, 0.717) is 6.61 Å². The summed E-state index contributed by atoms with van der Waals surface area (Å²) in [5.41, 5.74) is 7.13. The summed E-state index contributed by atoms with van der Waals surface area (Å²) in [6, 6.07) is 8.09. The third-order valence-corrected chi connectivity index (χ3v) is 3.43. The van der Waals surface area contributed by atoms with Gasteiger partial charge in [0.25, 0.3) is 0 Å². The number of ether oxygens (including phenoxy) is 2. The molecule has 1 aromatic carbocycles. The van der Waals surface area contributed by atoms with E-state index in [1.807, 2.05) is 31.2 Å². The highest BCUT2D eigenvalue weighted by molar-refractivity contribution is 9.10. The summed E-state index contributed by atoms with van der Waals surface area (Å²) in [7, 11) is 0. The summed E-state index contributed by atoms with van der Waals surface area (Å²) in [4.78, 5) is 0. The molecule has 2 rings (SSSR count). The van der Waals surface area contributed by atoms with Gasteiger partial charge in [-0.1, -0.05) is 28.1 Å². The molecule has 4 heteroatoms. The van der Waals surface area contributed by atoms with E-state index < -0.39 is 0 Å². The fraction of sp³-hybridized carbons (Fsp3) is 0.538. The van der Waals surface area contributed by atoms with Crippen molar-refractivity contribution in [1.82, 2.24) is 0 Å². The summed E-state index contributed by atoms with van der Waals surface area (Å²) in [5.74, 6) is 0. The van der Waals surface area contributed by atoms with Crippen molar-refractivity contribution in [2.45, 2.75) is 31.6 Å². The Hall–Kier alpha value is -0.420. The molecule has 1 heterocycles. The van der Waals surface area contributed by atoms with Crippen LogP contribution in [0.15, 0.2) is 28.7 Å². The zero-order chi connectivity index (χ0) is 12.3. The third kappa shape index (κ3) is 3.52. The Morgan fingerprint density at radius 3 is 2.65 bits per heavy atom. The van der Waals surface area contributed by atoms with Crippen molar-refractivity contribution in [3.8, 4) is 0 Å². The minimum atomic E-state index is -0.0604. The highest BCUT2D eigenvalue weighted by Crippen LogP contribution is 2.26. The van der Waals surface area contributed by atoms with Gasteiger partial charge in [0.05, 0.1) is 18.8 Å². The van der Waals surface area contributed by atoms with E-state index in [9.17, 15) is 0 Å². The summed E-state index contributed by atoms with van der Waals surface area (Å²) in [5, 5.41) is 0. The van der Waals surface area contributed by atoms with Gasteiger partial charge in [-0.3, -0.25) is 0 Å². The van der Waals surface area contributed by atoms with E-state index in [-0.39, 0.29) is 18.2 Å². The van der Waals surface area contributed by atoms with Crippen molar-refractivity contribution in [3.05, 3.63) is 34.3 Å². The fourth-order valence-electron chi connectivity index (χ4n) is 1.99. The number of hydrogen-bond acceptors (Lipinski definition) is 3. The van der Waals surface area contributed by atoms with Crippen LogP contribution in [0.25, 0.3) is 0 Å². The molecule has 0 bridgehead atoms. The van der Waals surface area contributed by atoms with Crippen LogP contribution in [0.2, 0.25) is 0 Å². The Kier molecular flexibility index (Phi) is 4.56. The van der Waals surface area contributed by atoms with Crippen molar-refractivity contribution < 1.29 is 9.47 Å². The molecule has 1 fully saturated rings. The summed E-state index contributed by atoms with van der Waals surface area (Å²) in [6.45, 7) is 3.44. The Morgan fingerprint density at radius 1 is 1.41 bits per heavy atom. The predicted octanol–water partition coefficient (Wildman–Crippen LogP) is 2.64. The highest BCUT2D eigenvalue weighted by Gasteiger charge is 2.24. The van der Waals surface area contributed by atoms with Gasteiger partial charge in [0.1, 0.15) is 0 Å². The van der Waals surface area contributed by atoms with Crippen molar-refractivity contribution in [1.29, 1.82) is 0 Å². The maximum atomic E-state index is 6.03. The SMILES string of the molecule is CC(N)C(OC1CCOC1)c1ccc(Br)cc1. The fourth-order valence-corrected chi connectivity index (χ4v) is 2.25. The van der Waals surface area contributed by atoms with Crippen LogP contribution in [0.5, 0.6) is 0 Å². The number of hydrogen-bond donors (Lipinski definition) is 1. The van der Waals surface area contributed by atoms with Crippen LogP contribution < -0.4 is 5.73 Å². The average molecular weight is 300 g/mol. The molecule has 0 aliphatic carbocycles. The standard InChI is InChI=1S/C13H18BrNO2/c1-9(15)13(17-12-6-7-16-8-12)10-2-4-11(14)5-3-10/h2-5,9,12-13H,6-8,15H2,1H3. The van der Waals surface area contributed by atoms with Gasteiger partial charge >= 0.3 is 0 Å². The predicted molar refractivity (Wildman–Crippen MR) is 70.8 cm³/mol. The van der Waals surface area contributed by atoms with E-state index in [1.54, 1.807) is 0 Å². The minimum absolute atomic E-state index is 0.0308. The van der Waals surface area contributed by atoms with Crippen molar-refractivity contribution in [3.63, 3.8) is 0 Å². The molecule has 0 amide bonds. The maximum Gasteiger partial charge on any atom is 0.0977 e. The van der Waals surface area contributed by atoms with E-state index in [0.717, 1.165) is 23.1 Å². The quantitative estimate of drug-likeness (QED) is 0.929. The van der Waals surface area contributed by atoms with Gasteiger partial charge in [-0.15, -0.1) is 0 Å². The van der Waals surface area contributed by atoms with Crippen molar-refractivity contribution >= 4 is 15.9 Å². The lowest BCUT2D eigenvalue weighted by Crippen LogP contribution is -2.30. The Bertz CT molecular complexity index is 347. The zero-order valence-corrected chi connectivity index (χ0v) is 11.5. The van der Waals surface area contributed by atoms with Gasteiger partial charge in [-0.05, 0) is 31.0 Å². The van der Waals surface area contributed by atoms with E-state index in [4.69, 9.17) is 15.2 Å². The number of rotatable bonds is 4. The van der Waals surface area contributed by atoms with Crippen molar-refractivity contribution in [2.24, 2.45) is 5.73 Å². The molecular weight excluding hydrogens is 282 g/mol. The van der Waals surface area contributed by atoms with Crippen LogP contribution in [-0.2, 0) is 9.47 Å². The Labute approximate surface area is 110 Å². The first-order valence-electron chi connectivity index (χ1n) is 5.91. The van der Waals surface area contributed by atoms with Crippen molar-refractivity contribution in [2.75, 3.05) is 13.2 Å². The smallest absolute Gasteiger partial charge is 0.0977 e. The lowest BCUT2D eigenvalue weighted by Gasteiger charge is -2.25. The molecule has 0 radical (unpaired) electrons. The Balaban J connectivity index is 2.08. The second-order valence-corrected chi connectivity index (χ2v) is 5.37. The molecule has 1 saturated heterocycles. The Morgan fingerprint density at radius 2 is 2.12 bits per heavy atom. The first-order chi connectivity index (χ1) is 8.16. The van der Waals surface area contributed by atoms with Gasteiger partial charge in [0, 0.05) is 17.1 Å². The third-order valence-electron chi connectivity index (χ3n) is 2.90. The maximum absolute atomic E-state index is 6.03. The van der Waals surface area contributed by atoms with Crippen LogP contribution in [-0.4, -0.2) is 25.4 Å². The summed E-state index contributed by atoms with van der Waals surface area (Å²) in [6.07, 6.45) is 1.07. The number of benzene rings is 1. The molecule has 94 valence electrons. The van der Waals surface area contributed by atoms with Gasteiger partial charge in [-0.25, -0.2) is 0 Å². The largest absolute Gasteiger partial charge is 0.379 e. The van der Waals surface area contributed by atoms with E-state index >= 15 is 0 Å². The van der Waals surface area contributed by atoms with Gasteiger partial charge in [0.15, 0.2) is 0 Å². The molecule has 17 heavy (non-hydrogen) atoms. The molecule has 0 aromatic heterocycles. The van der Waals surface area contributed by atoms with Crippen LogP contribution >= 0.6 is 15.9 Å². The van der Waals surface area contributed by atoms with Gasteiger partial charge in [0.2, 0.25) is 0 Å². The molecule has 1 aromatic rings. The molecule has 1 aliphatic rings. The first kappa shape index (κ1) is 13.0. The second kappa shape index (κ2) is 5.96. The van der Waals surface area contributed by atoms with Crippen LogP contribution in [0, 0.1) is 0 Å². The van der Waals surface area contributed by atoms with E-state index in [2.05, 4.69) is 15.9 Å². The normalized spacial score (nSPS) is 23.6. The van der Waals surface area contributed by atoms with Crippen LogP contribution in [0.1, 0.15) is 25.0 Å². The lowest BCUT2D eigenvalue weighted by atomic mass is 10.0. The van der Waals surface area contributed by atoms with Gasteiger partial charge in [-0.2, -0.15) is 0 Å². The average Bonchev–Trinajstić information content (AvgIpc) is 2.80.